The van der Waals surface area contributed by atoms with Gasteiger partial charge in [0.1, 0.15) is 5.75 Å². The van der Waals surface area contributed by atoms with Crippen LogP contribution < -0.4 is 10.5 Å². The largest absolute Gasteiger partial charge is 0.454 e. The van der Waals surface area contributed by atoms with Gasteiger partial charge in [-0.1, -0.05) is 23.7 Å². The molecule has 2 aromatic rings. The molecule has 4 nitrogen and oxygen atoms in total. The molecule has 0 spiro atoms. The van der Waals surface area contributed by atoms with Gasteiger partial charge in [-0.15, -0.1) is 0 Å². The number of halogens is 1. The lowest BCUT2D eigenvalue weighted by Gasteiger charge is -2.12. The van der Waals surface area contributed by atoms with E-state index in [1.165, 1.54) is 6.07 Å². The van der Waals surface area contributed by atoms with Crippen LogP contribution in [0.5, 0.6) is 11.5 Å². The second kappa shape index (κ2) is 5.34. The van der Waals surface area contributed by atoms with Gasteiger partial charge < -0.3 is 10.5 Å². The summed E-state index contributed by atoms with van der Waals surface area (Å²) in [6.45, 7) is 1.91. The van der Waals surface area contributed by atoms with Gasteiger partial charge in [-0.3, -0.25) is 0 Å². The number of hydrogen-bond acceptors (Lipinski definition) is 4. The standard InChI is InChI=1S/C14H14ClNO3S/c1-9-6-7-11(10(15)8-9)19-12-4-3-5-13(14(12)16)20(2,17)18/h3-8H,16H2,1-2H3. The first-order chi connectivity index (χ1) is 9.29. The zero-order valence-corrected chi connectivity index (χ0v) is 12.6. The van der Waals surface area contributed by atoms with Gasteiger partial charge >= 0.3 is 0 Å². The molecule has 0 saturated carbocycles. The minimum Gasteiger partial charge on any atom is -0.454 e. The lowest BCUT2D eigenvalue weighted by molar-refractivity contribution is 0.483. The summed E-state index contributed by atoms with van der Waals surface area (Å²) in [5.41, 5.74) is 6.93. The molecule has 0 atom stereocenters. The van der Waals surface area contributed by atoms with Crippen molar-refractivity contribution < 1.29 is 13.2 Å². The predicted molar refractivity (Wildman–Crippen MR) is 80.2 cm³/mol. The van der Waals surface area contributed by atoms with Crippen LogP contribution >= 0.6 is 11.6 Å². The third kappa shape index (κ3) is 3.05. The van der Waals surface area contributed by atoms with E-state index in [4.69, 9.17) is 22.1 Å². The number of aryl methyl sites for hydroxylation is 1. The van der Waals surface area contributed by atoms with E-state index in [1.54, 1.807) is 24.3 Å². The molecular formula is C14H14ClNO3S. The van der Waals surface area contributed by atoms with Gasteiger partial charge in [0.05, 0.1) is 15.6 Å². The fourth-order valence-corrected chi connectivity index (χ4v) is 2.84. The van der Waals surface area contributed by atoms with E-state index < -0.39 is 9.84 Å². The Balaban J connectivity index is 2.45. The van der Waals surface area contributed by atoms with Crippen LogP contribution in [-0.2, 0) is 9.84 Å². The zero-order valence-electron chi connectivity index (χ0n) is 11.1. The Labute approximate surface area is 123 Å². The lowest BCUT2D eigenvalue weighted by Crippen LogP contribution is -2.03. The topological polar surface area (TPSA) is 69.4 Å². The van der Waals surface area contributed by atoms with Gasteiger partial charge in [0, 0.05) is 6.26 Å². The summed E-state index contributed by atoms with van der Waals surface area (Å²) in [6.07, 6.45) is 1.10. The summed E-state index contributed by atoms with van der Waals surface area (Å²) < 4.78 is 28.8. The smallest absolute Gasteiger partial charge is 0.177 e. The molecule has 2 aromatic carbocycles. The van der Waals surface area contributed by atoms with E-state index in [2.05, 4.69) is 0 Å². The maximum absolute atomic E-state index is 11.6. The highest BCUT2D eigenvalue weighted by molar-refractivity contribution is 7.90. The van der Waals surface area contributed by atoms with Gasteiger partial charge in [-0.2, -0.15) is 0 Å². The second-order valence-electron chi connectivity index (χ2n) is 4.48. The van der Waals surface area contributed by atoms with Gasteiger partial charge in [-0.05, 0) is 36.8 Å². The minimum absolute atomic E-state index is 0.0400. The Kier molecular flexibility index (Phi) is 3.92. The highest BCUT2D eigenvalue weighted by Gasteiger charge is 2.16. The molecule has 20 heavy (non-hydrogen) atoms. The van der Waals surface area contributed by atoms with Crippen molar-refractivity contribution in [2.45, 2.75) is 11.8 Å². The van der Waals surface area contributed by atoms with Crippen molar-refractivity contribution in [3.63, 3.8) is 0 Å². The van der Waals surface area contributed by atoms with Crippen LogP contribution in [0.2, 0.25) is 5.02 Å². The summed E-state index contributed by atoms with van der Waals surface area (Å²) in [5.74, 6) is 0.688. The highest BCUT2D eigenvalue weighted by atomic mass is 35.5. The quantitative estimate of drug-likeness (QED) is 0.882. The Hall–Kier alpha value is -1.72. The first-order valence-electron chi connectivity index (χ1n) is 5.81. The molecule has 0 radical (unpaired) electrons. The molecule has 0 aliphatic carbocycles. The molecule has 0 bridgehead atoms. The fraction of sp³-hybridized carbons (Fsp3) is 0.143. The number of nitrogen functional groups attached to an aromatic ring is 1. The van der Waals surface area contributed by atoms with Crippen molar-refractivity contribution in [1.29, 1.82) is 0 Å². The molecular weight excluding hydrogens is 298 g/mol. The Morgan fingerprint density at radius 3 is 2.45 bits per heavy atom. The highest BCUT2D eigenvalue weighted by Crippen LogP contribution is 2.35. The molecule has 0 fully saturated rings. The number of rotatable bonds is 3. The third-order valence-corrected chi connectivity index (χ3v) is 4.18. The lowest BCUT2D eigenvalue weighted by atomic mass is 10.2. The predicted octanol–water partition coefficient (Wildman–Crippen LogP) is 3.43. The monoisotopic (exact) mass is 311 g/mol. The average Bonchev–Trinajstić information content (AvgIpc) is 2.33. The van der Waals surface area contributed by atoms with Crippen LogP contribution in [0.15, 0.2) is 41.3 Å². The van der Waals surface area contributed by atoms with E-state index in [0.29, 0.717) is 10.8 Å². The van der Waals surface area contributed by atoms with Crippen LogP contribution in [0.1, 0.15) is 5.56 Å². The number of benzene rings is 2. The molecule has 2 rings (SSSR count). The minimum atomic E-state index is -3.40. The number of anilines is 1. The molecule has 6 heteroatoms. The first-order valence-corrected chi connectivity index (χ1v) is 8.08. The summed E-state index contributed by atoms with van der Waals surface area (Å²) in [5, 5.41) is 0.439. The average molecular weight is 312 g/mol. The van der Waals surface area contributed by atoms with E-state index in [9.17, 15) is 8.42 Å². The molecule has 0 unspecified atom stereocenters. The van der Waals surface area contributed by atoms with E-state index in [0.717, 1.165) is 11.8 Å². The SMILES string of the molecule is Cc1ccc(Oc2cccc(S(C)(=O)=O)c2N)c(Cl)c1. The Bertz CT molecular complexity index is 757. The van der Waals surface area contributed by atoms with Crippen LogP contribution in [-0.4, -0.2) is 14.7 Å². The van der Waals surface area contributed by atoms with Crippen molar-refractivity contribution in [1.82, 2.24) is 0 Å². The van der Waals surface area contributed by atoms with Crippen molar-refractivity contribution in [3.8, 4) is 11.5 Å². The van der Waals surface area contributed by atoms with Crippen LogP contribution in [0, 0.1) is 6.92 Å². The van der Waals surface area contributed by atoms with Gasteiger partial charge in [0.15, 0.2) is 15.6 Å². The summed E-state index contributed by atoms with van der Waals surface area (Å²) in [4.78, 5) is 0.0400. The molecule has 0 saturated heterocycles. The van der Waals surface area contributed by atoms with Crippen LogP contribution in [0.4, 0.5) is 5.69 Å². The maximum atomic E-state index is 11.6. The Morgan fingerprint density at radius 2 is 1.85 bits per heavy atom. The van der Waals surface area contributed by atoms with Gasteiger partial charge in [-0.25, -0.2) is 8.42 Å². The molecule has 106 valence electrons. The summed E-state index contributed by atoms with van der Waals surface area (Å²) in [7, 11) is -3.40. The molecule has 2 N–H and O–H groups in total. The molecule has 0 aliphatic heterocycles. The zero-order chi connectivity index (χ0) is 14.9. The molecule has 0 heterocycles. The number of nitrogens with two attached hydrogens (primary N) is 1. The van der Waals surface area contributed by atoms with Crippen molar-refractivity contribution >= 4 is 27.1 Å². The van der Waals surface area contributed by atoms with Crippen molar-refractivity contribution in [3.05, 3.63) is 47.0 Å². The number of sulfone groups is 1. The number of para-hydroxylation sites is 1. The summed E-state index contributed by atoms with van der Waals surface area (Å²) in [6, 6.07) is 9.92. The maximum Gasteiger partial charge on any atom is 0.177 e. The summed E-state index contributed by atoms with van der Waals surface area (Å²) >= 11 is 6.08. The van der Waals surface area contributed by atoms with E-state index in [-0.39, 0.29) is 16.3 Å². The molecule has 0 aliphatic rings. The fourth-order valence-electron chi connectivity index (χ4n) is 1.74. The van der Waals surface area contributed by atoms with E-state index in [1.807, 2.05) is 13.0 Å². The first kappa shape index (κ1) is 14.7. The van der Waals surface area contributed by atoms with Gasteiger partial charge in [0.25, 0.3) is 0 Å². The molecule has 0 amide bonds. The normalized spacial score (nSPS) is 11.3. The van der Waals surface area contributed by atoms with Gasteiger partial charge in [0.2, 0.25) is 0 Å². The third-order valence-electron chi connectivity index (χ3n) is 2.73. The van der Waals surface area contributed by atoms with Crippen LogP contribution in [0.25, 0.3) is 0 Å². The molecule has 0 aromatic heterocycles. The number of hydrogen-bond donors (Lipinski definition) is 1. The second-order valence-corrected chi connectivity index (χ2v) is 6.87. The number of ether oxygens (including phenoxy) is 1. The van der Waals surface area contributed by atoms with Crippen LogP contribution in [0.3, 0.4) is 0 Å². The van der Waals surface area contributed by atoms with E-state index >= 15 is 0 Å². The Morgan fingerprint density at radius 1 is 1.15 bits per heavy atom. The van der Waals surface area contributed by atoms with Crippen molar-refractivity contribution in [2.24, 2.45) is 0 Å². The van der Waals surface area contributed by atoms with Crippen molar-refractivity contribution in [2.75, 3.05) is 12.0 Å².